The van der Waals surface area contributed by atoms with Crippen molar-refractivity contribution in [2.75, 3.05) is 4.90 Å². The molecular formula is C65H41NS. The zero-order valence-corrected chi connectivity index (χ0v) is 37.3. The van der Waals surface area contributed by atoms with Gasteiger partial charge in [0.25, 0.3) is 0 Å². The summed E-state index contributed by atoms with van der Waals surface area (Å²) >= 11 is 1.87. The Balaban J connectivity index is 0.896. The van der Waals surface area contributed by atoms with Crippen LogP contribution in [0.2, 0.25) is 0 Å². The fraction of sp³-hybridized carbons (Fsp3) is 0.0154. The minimum absolute atomic E-state index is 0.434. The highest BCUT2D eigenvalue weighted by atomic mass is 32.1. The van der Waals surface area contributed by atoms with Gasteiger partial charge in [0.1, 0.15) is 0 Å². The molecule has 1 nitrogen and oxygen atoms in total. The van der Waals surface area contributed by atoms with E-state index in [1.54, 1.807) is 0 Å². The summed E-state index contributed by atoms with van der Waals surface area (Å²) in [5.41, 5.74) is 20.9. The summed E-state index contributed by atoms with van der Waals surface area (Å²) in [5, 5.41) is 5.11. The third kappa shape index (κ3) is 5.61. The number of hydrogen-bond acceptors (Lipinski definition) is 2. The Kier molecular flexibility index (Phi) is 8.44. The molecule has 1 aromatic heterocycles. The molecule has 0 atom stereocenters. The fourth-order valence-corrected chi connectivity index (χ4v) is 12.8. The fourth-order valence-electron chi connectivity index (χ4n) is 11.6. The maximum Gasteiger partial charge on any atom is 0.0726 e. The Labute approximate surface area is 394 Å². The van der Waals surface area contributed by atoms with Gasteiger partial charge in [-0.15, -0.1) is 11.3 Å². The Morgan fingerprint density at radius 3 is 1.43 bits per heavy atom. The van der Waals surface area contributed by atoms with E-state index in [0.717, 1.165) is 5.69 Å². The van der Waals surface area contributed by atoms with E-state index in [4.69, 9.17) is 0 Å². The van der Waals surface area contributed by atoms with E-state index >= 15 is 0 Å². The van der Waals surface area contributed by atoms with Gasteiger partial charge in [-0.2, -0.15) is 0 Å². The number of anilines is 3. The zero-order valence-electron chi connectivity index (χ0n) is 36.5. The first-order valence-electron chi connectivity index (χ1n) is 23.2. The molecule has 0 bridgehead atoms. The first-order valence-corrected chi connectivity index (χ1v) is 24.0. The summed E-state index contributed by atoms with van der Waals surface area (Å²) < 4.78 is 2.58. The standard InChI is InChI=1S/C65H41NS/c1-2-16-49-46(14-1)15-11-21-50(49)47-36-34-44(35-37-47)42-30-32-43(33-31-42)45-38-40-48(41-39-45)66(60-27-13-29-62-64(60)54-20-6-10-28-61(54)67-62)59-26-12-25-58-63(59)53-19-5-9-24-57(53)65(58)55-22-7-3-17-51(55)52-18-4-8-23-56(52)65/h1-41H. The number of fused-ring (bicyclic) bond motifs is 14. The van der Waals surface area contributed by atoms with Crippen molar-refractivity contribution >= 4 is 59.3 Å². The monoisotopic (exact) mass is 867 g/mol. The van der Waals surface area contributed by atoms with E-state index in [0.29, 0.717) is 0 Å². The number of rotatable bonds is 6. The Hall–Kier alpha value is -8.30. The average molecular weight is 868 g/mol. The molecule has 2 heteroatoms. The largest absolute Gasteiger partial charge is 0.309 e. The van der Waals surface area contributed by atoms with Crippen LogP contribution in [0.15, 0.2) is 249 Å². The van der Waals surface area contributed by atoms with Crippen LogP contribution in [-0.2, 0) is 5.41 Å². The van der Waals surface area contributed by atoms with Crippen LogP contribution in [0.5, 0.6) is 0 Å². The highest BCUT2D eigenvalue weighted by molar-refractivity contribution is 7.26. The molecule has 14 rings (SSSR count). The van der Waals surface area contributed by atoms with Crippen molar-refractivity contribution in [1.82, 2.24) is 0 Å². The second kappa shape index (κ2) is 14.9. The average Bonchev–Trinajstić information content (AvgIpc) is 4.04. The van der Waals surface area contributed by atoms with Crippen LogP contribution in [0.4, 0.5) is 17.1 Å². The van der Waals surface area contributed by atoms with Gasteiger partial charge in [-0.25, -0.2) is 0 Å². The van der Waals surface area contributed by atoms with E-state index in [-0.39, 0.29) is 0 Å². The van der Waals surface area contributed by atoms with Crippen LogP contribution in [0, 0.1) is 0 Å². The van der Waals surface area contributed by atoms with E-state index in [1.165, 1.54) is 120 Å². The quantitative estimate of drug-likeness (QED) is 0.161. The third-order valence-corrected chi connectivity index (χ3v) is 15.7. The maximum absolute atomic E-state index is 2.54. The molecule has 0 N–H and O–H groups in total. The van der Waals surface area contributed by atoms with Crippen molar-refractivity contribution in [3.8, 4) is 55.6 Å². The number of hydrogen-bond donors (Lipinski definition) is 0. The Morgan fingerprint density at radius 1 is 0.299 bits per heavy atom. The first-order chi connectivity index (χ1) is 33.2. The number of benzene rings is 11. The molecule has 11 aromatic carbocycles. The summed E-state index contributed by atoms with van der Waals surface area (Å²) in [5.74, 6) is 0. The molecule has 2 aliphatic carbocycles. The minimum atomic E-state index is -0.434. The Morgan fingerprint density at radius 2 is 0.746 bits per heavy atom. The van der Waals surface area contributed by atoms with Crippen LogP contribution >= 0.6 is 11.3 Å². The predicted octanol–water partition coefficient (Wildman–Crippen LogP) is 18.0. The summed E-state index contributed by atoms with van der Waals surface area (Å²) in [6.07, 6.45) is 0. The van der Waals surface area contributed by atoms with Crippen LogP contribution in [0.1, 0.15) is 22.3 Å². The number of nitrogens with zero attached hydrogens (tertiary/aromatic N) is 1. The molecule has 1 spiro atoms. The molecule has 0 amide bonds. The topological polar surface area (TPSA) is 3.24 Å². The Bertz CT molecular complexity index is 3860. The lowest BCUT2D eigenvalue weighted by Gasteiger charge is -2.32. The first kappa shape index (κ1) is 38.0. The van der Waals surface area contributed by atoms with Crippen molar-refractivity contribution in [3.05, 3.63) is 271 Å². The van der Waals surface area contributed by atoms with Crippen LogP contribution in [-0.4, -0.2) is 0 Å². The van der Waals surface area contributed by atoms with Gasteiger partial charge in [-0.05, 0) is 119 Å². The van der Waals surface area contributed by atoms with Gasteiger partial charge in [-0.1, -0.05) is 212 Å². The van der Waals surface area contributed by atoms with E-state index in [2.05, 4.69) is 254 Å². The molecular weight excluding hydrogens is 827 g/mol. The molecule has 0 aliphatic heterocycles. The van der Waals surface area contributed by atoms with E-state index < -0.39 is 5.41 Å². The molecule has 0 saturated carbocycles. The highest BCUT2D eigenvalue weighted by Gasteiger charge is 2.52. The summed E-state index contributed by atoms with van der Waals surface area (Å²) in [7, 11) is 0. The van der Waals surface area contributed by atoms with Crippen molar-refractivity contribution in [2.24, 2.45) is 0 Å². The third-order valence-electron chi connectivity index (χ3n) is 14.5. The molecule has 2 aliphatic rings. The van der Waals surface area contributed by atoms with Crippen molar-refractivity contribution in [3.63, 3.8) is 0 Å². The lowest BCUT2D eigenvalue weighted by atomic mass is 9.70. The van der Waals surface area contributed by atoms with Gasteiger partial charge in [0.15, 0.2) is 0 Å². The van der Waals surface area contributed by atoms with Crippen LogP contribution in [0.25, 0.3) is 86.6 Å². The SMILES string of the molecule is c1ccc2c(c1)-c1ccccc1C21c2ccccc2-c2c(N(c3ccc(-c4ccc(-c5ccc(-c6cccc7ccccc67)cc5)cc4)cc3)c3cccc4sc5ccccc5c34)cccc21. The van der Waals surface area contributed by atoms with Gasteiger partial charge < -0.3 is 4.90 Å². The lowest BCUT2D eigenvalue weighted by Crippen LogP contribution is -2.26. The molecule has 312 valence electrons. The van der Waals surface area contributed by atoms with Gasteiger partial charge in [-0.3, -0.25) is 0 Å². The molecule has 67 heavy (non-hydrogen) atoms. The van der Waals surface area contributed by atoms with Crippen LogP contribution < -0.4 is 4.90 Å². The van der Waals surface area contributed by atoms with Gasteiger partial charge >= 0.3 is 0 Å². The molecule has 0 fully saturated rings. The van der Waals surface area contributed by atoms with Crippen molar-refractivity contribution < 1.29 is 0 Å². The summed E-state index contributed by atoms with van der Waals surface area (Å²) in [4.78, 5) is 2.54. The summed E-state index contributed by atoms with van der Waals surface area (Å²) in [6.45, 7) is 0. The second-order valence-corrected chi connectivity index (χ2v) is 19.0. The smallest absolute Gasteiger partial charge is 0.0726 e. The molecule has 0 saturated heterocycles. The van der Waals surface area contributed by atoms with E-state index in [1.807, 2.05) is 11.3 Å². The molecule has 12 aromatic rings. The van der Waals surface area contributed by atoms with Crippen LogP contribution in [0.3, 0.4) is 0 Å². The minimum Gasteiger partial charge on any atom is -0.309 e. The second-order valence-electron chi connectivity index (χ2n) is 17.9. The highest BCUT2D eigenvalue weighted by Crippen LogP contribution is 2.65. The van der Waals surface area contributed by atoms with Crippen molar-refractivity contribution in [2.45, 2.75) is 5.41 Å². The molecule has 0 unspecified atom stereocenters. The predicted molar refractivity (Wildman–Crippen MR) is 284 cm³/mol. The number of thiophene rings is 1. The summed E-state index contributed by atoms with van der Waals surface area (Å²) in [6, 6.07) is 92.4. The lowest BCUT2D eigenvalue weighted by molar-refractivity contribution is 0.794. The normalized spacial score (nSPS) is 12.9. The van der Waals surface area contributed by atoms with Gasteiger partial charge in [0.05, 0.1) is 16.8 Å². The van der Waals surface area contributed by atoms with Gasteiger partial charge in [0.2, 0.25) is 0 Å². The maximum atomic E-state index is 2.54. The van der Waals surface area contributed by atoms with E-state index in [9.17, 15) is 0 Å². The molecule has 0 radical (unpaired) electrons. The molecule has 1 heterocycles. The van der Waals surface area contributed by atoms with Crippen molar-refractivity contribution in [1.29, 1.82) is 0 Å². The van der Waals surface area contributed by atoms with Gasteiger partial charge in [0, 0.05) is 31.4 Å². The zero-order chi connectivity index (χ0) is 44.1.